The average Bonchev–Trinajstić information content (AvgIpc) is 2.88. The number of aromatic nitrogens is 1. The summed E-state index contributed by atoms with van der Waals surface area (Å²) in [5.41, 5.74) is 0.578. The number of anilines is 1. The van der Waals surface area contributed by atoms with Crippen molar-refractivity contribution in [3.05, 3.63) is 34.9 Å². The summed E-state index contributed by atoms with van der Waals surface area (Å²) in [6, 6.07) is 6.65. The van der Waals surface area contributed by atoms with Gasteiger partial charge in [0.25, 0.3) is 0 Å². The molecule has 1 heterocycles. The maximum atomic E-state index is 11.4. The van der Waals surface area contributed by atoms with Gasteiger partial charge in [-0.15, -0.1) is 0 Å². The van der Waals surface area contributed by atoms with Gasteiger partial charge >= 0.3 is 5.97 Å². The van der Waals surface area contributed by atoms with E-state index in [2.05, 4.69) is 10.5 Å². The number of nitrogens with one attached hydrogen (secondary N) is 1. The number of hydrogen-bond donors (Lipinski definition) is 3. The van der Waals surface area contributed by atoms with E-state index >= 15 is 0 Å². The molecule has 2 rings (SSSR count). The van der Waals surface area contributed by atoms with E-state index in [9.17, 15) is 9.90 Å². The third-order valence-corrected chi connectivity index (χ3v) is 3.14. The second kappa shape index (κ2) is 7.10. The Balaban J connectivity index is 2.24. The van der Waals surface area contributed by atoms with Crippen molar-refractivity contribution in [2.45, 2.75) is 12.8 Å². The van der Waals surface area contributed by atoms with E-state index in [0.29, 0.717) is 30.0 Å². The highest BCUT2D eigenvalue weighted by molar-refractivity contribution is 6.30. The Morgan fingerprint density at radius 2 is 2.00 bits per heavy atom. The van der Waals surface area contributed by atoms with Gasteiger partial charge in [0, 0.05) is 23.7 Å². The van der Waals surface area contributed by atoms with Crippen LogP contribution in [0.2, 0.25) is 5.02 Å². The topological polar surface area (TPSA) is 95.6 Å². The molecule has 0 unspecified atom stereocenters. The molecule has 0 radical (unpaired) electrons. The van der Waals surface area contributed by atoms with Gasteiger partial charge in [0.1, 0.15) is 0 Å². The van der Waals surface area contributed by atoms with Crippen molar-refractivity contribution in [2.24, 2.45) is 0 Å². The lowest BCUT2D eigenvalue weighted by Gasteiger charge is -2.03. The molecular weight excluding hydrogens is 296 g/mol. The molecule has 0 aliphatic carbocycles. The van der Waals surface area contributed by atoms with Gasteiger partial charge in [0.05, 0.1) is 0 Å². The molecule has 0 saturated carbocycles. The first-order valence-electron chi connectivity index (χ1n) is 6.47. The number of carboxylic acid groups (broad SMARTS) is 1. The molecule has 0 saturated heterocycles. The van der Waals surface area contributed by atoms with Crippen LogP contribution in [0.3, 0.4) is 0 Å². The molecule has 21 heavy (non-hydrogen) atoms. The number of halogens is 1. The number of aliphatic hydroxyl groups excluding tert-OH is 1. The first-order valence-corrected chi connectivity index (χ1v) is 6.85. The Labute approximate surface area is 126 Å². The molecule has 0 aliphatic rings. The fraction of sp³-hybridized carbons (Fsp3) is 0.286. The fourth-order valence-electron chi connectivity index (χ4n) is 1.85. The van der Waals surface area contributed by atoms with Crippen molar-refractivity contribution >= 4 is 23.4 Å². The van der Waals surface area contributed by atoms with E-state index in [0.717, 1.165) is 0 Å². The highest BCUT2D eigenvalue weighted by Gasteiger charge is 2.23. The van der Waals surface area contributed by atoms with Gasteiger partial charge in [-0.25, -0.2) is 4.79 Å². The number of carbonyl (C=O) groups is 1. The summed E-state index contributed by atoms with van der Waals surface area (Å²) in [6.45, 7) is 0.607. The summed E-state index contributed by atoms with van der Waals surface area (Å²) in [5.74, 6) is -0.750. The Hall–Kier alpha value is -2.05. The van der Waals surface area contributed by atoms with Crippen molar-refractivity contribution in [3.63, 3.8) is 0 Å². The van der Waals surface area contributed by atoms with Crippen LogP contribution in [-0.4, -0.2) is 34.5 Å². The normalized spacial score (nSPS) is 10.6. The van der Waals surface area contributed by atoms with E-state index in [1.807, 2.05) is 0 Å². The number of unbranched alkanes of at least 4 members (excludes halogenated alkanes) is 1. The second-order valence-electron chi connectivity index (χ2n) is 4.40. The smallest absolute Gasteiger partial charge is 0.343 e. The molecule has 0 amide bonds. The lowest BCUT2D eigenvalue weighted by atomic mass is 10.1. The molecule has 7 heteroatoms. The van der Waals surface area contributed by atoms with Gasteiger partial charge in [-0.1, -0.05) is 16.8 Å². The summed E-state index contributed by atoms with van der Waals surface area (Å²) in [5, 5.41) is 25.3. The monoisotopic (exact) mass is 310 g/mol. The highest BCUT2D eigenvalue weighted by Crippen LogP contribution is 2.30. The second-order valence-corrected chi connectivity index (χ2v) is 4.84. The number of benzene rings is 1. The predicted molar refractivity (Wildman–Crippen MR) is 78.7 cm³/mol. The fourth-order valence-corrected chi connectivity index (χ4v) is 1.98. The third kappa shape index (κ3) is 3.74. The molecule has 0 bridgehead atoms. The maximum absolute atomic E-state index is 11.4. The summed E-state index contributed by atoms with van der Waals surface area (Å²) in [6.07, 6.45) is 1.34. The van der Waals surface area contributed by atoms with Crippen LogP contribution in [0.1, 0.15) is 23.2 Å². The summed E-state index contributed by atoms with van der Waals surface area (Å²) >= 11 is 5.81. The number of aliphatic hydroxyl groups is 1. The number of nitrogens with zero attached hydrogens (tertiary/aromatic N) is 1. The Bertz CT molecular complexity index is 610. The van der Waals surface area contributed by atoms with Gasteiger partial charge in [0.15, 0.2) is 17.1 Å². The van der Waals surface area contributed by atoms with Crippen LogP contribution in [0.25, 0.3) is 11.3 Å². The number of hydrogen-bond acceptors (Lipinski definition) is 5. The molecule has 112 valence electrons. The predicted octanol–water partition coefficient (Wildman–Crippen LogP) is 2.88. The van der Waals surface area contributed by atoms with Crippen LogP contribution in [0.15, 0.2) is 28.8 Å². The van der Waals surface area contributed by atoms with E-state index in [-0.39, 0.29) is 23.7 Å². The molecule has 0 fully saturated rings. The molecule has 6 nitrogen and oxygen atoms in total. The molecule has 1 aromatic carbocycles. The van der Waals surface area contributed by atoms with Crippen LogP contribution >= 0.6 is 11.6 Å². The third-order valence-electron chi connectivity index (χ3n) is 2.89. The van der Waals surface area contributed by atoms with Gasteiger partial charge in [0.2, 0.25) is 0 Å². The van der Waals surface area contributed by atoms with Crippen molar-refractivity contribution in [1.82, 2.24) is 5.16 Å². The molecule has 0 spiro atoms. The van der Waals surface area contributed by atoms with Crippen molar-refractivity contribution < 1.29 is 19.5 Å². The van der Waals surface area contributed by atoms with Crippen molar-refractivity contribution in [1.29, 1.82) is 0 Å². The molecule has 0 aliphatic heterocycles. The van der Waals surface area contributed by atoms with Gasteiger partial charge in [-0.05, 0) is 37.1 Å². The number of carboxylic acids is 1. The zero-order chi connectivity index (χ0) is 15.2. The van der Waals surface area contributed by atoms with Crippen molar-refractivity contribution in [3.8, 4) is 11.3 Å². The lowest BCUT2D eigenvalue weighted by molar-refractivity contribution is 0.0698. The number of rotatable bonds is 7. The molecule has 2 aromatic rings. The van der Waals surface area contributed by atoms with E-state index in [1.54, 1.807) is 24.3 Å². The van der Waals surface area contributed by atoms with Crippen LogP contribution in [-0.2, 0) is 0 Å². The summed E-state index contributed by atoms with van der Waals surface area (Å²) in [7, 11) is 0. The minimum absolute atomic E-state index is 0.0127. The largest absolute Gasteiger partial charge is 0.477 e. The highest BCUT2D eigenvalue weighted by atomic mass is 35.5. The van der Waals surface area contributed by atoms with Crippen LogP contribution in [0.4, 0.5) is 5.82 Å². The standard InChI is InChI=1S/C14H15ClN2O4/c15-10-5-3-9(4-6-10)12-11(14(19)20)13(17-21-12)16-7-1-2-8-18/h3-6,18H,1-2,7-8H2,(H,16,17)(H,19,20). The van der Waals surface area contributed by atoms with E-state index < -0.39 is 5.97 Å². The average molecular weight is 311 g/mol. The quantitative estimate of drug-likeness (QED) is 0.681. The summed E-state index contributed by atoms with van der Waals surface area (Å²) in [4.78, 5) is 11.4. The maximum Gasteiger partial charge on any atom is 0.343 e. The van der Waals surface area contributed by atoms with Crippen LogP contribution in [0, 0.1) is 0 Å². The zero-order valence-electron chi connectivity index (χ0n) is 11.2. The van der Waals surface area contributed by atoms with Gasteiger partial charge < -0.3 is 20.1 Å². The van der Waals surface area contributed by atoms with E-state index in [4.69, 9.17) is 21.2 Å². The molecule has 3 N–H and O–H groups in total. The molecule has 0 atom stereocenters. The lowest BCUT2D eigenvalue weighted by Crippen LogP contribution is -2.07. The SMILES string of the molecule is O=C(O)c1c(NCCCCO)noc1-c1ccc(Cl)cc1. The first kappa shape index (κ1) is 15.3. The zero-order valence-corrected chi connectivity index (χ0v) is 11.9. The molecule has 1 aromatic heterocycles. The molecular formula is C14H15ClN2O4. The van der Waals surface area contributed by atoms with Crippen LogP contribution < -0.4 is 5.32 Å². The van der Waals surface area contributed by atoms with Crippen molar-refractivity contribution in [2.75, 3.05) is 18.5 Å². The van der Waals surface area contributed by atoms with Gasteiger partial charge in [-0.2, -0.15) is 0 Å². The summed E-state index contributed by atoms with van der Waals surface area (Å²) < 4.78 is 5.15. The minimum atomic E-state index is -1.12. The Morgan fingerprint density at radius 3 is 2.62 bits per heavy atom. The van der Waals surface area contributed by atoms with Gasteiger partial charge in [-0.3, -0.25) is 0 Å². The number of aromatic carboxylic acids is 1. The van der Waals surface area contributed by atoms with Crippen LogP contribution in [0.5, 0.6) is 0 Å². The Morgan fingerprint density at radius 1 is 1.29 bits per heavy atom. The van der Waals surface area contributed by atoms with E-state index in [1.165, 1.54) is 0 Å². The first-order chi connectivity index (χ1) is 10.1. The minimum Gasteiger partial charge on any atom is -0.477 e. The Kier molecular flexibility index (Phi) is 5.19.